The molecule has 5 heteroatoms. The second kappa shape index (κ2) is 4.86. The minimum atomic E-state index is -1.07. The van der Waals surface area contributed by atoms with E-state index in [0.29, 0.717) is 5.56 Å². The van der Waals surface area contributed by atoms with Crippen molar-refractivity contribution < 1.29 is 14.7 Å². The molecule has 1 saturated carbocycles. The lowest BCUT2D eigenvalue weighted by molar-refractivity contribution is -0.139. The van der Waals surface area contributed by atoms with E-state index in [-0.39, 0.29) is 6.04 Å². The highest BCUT2D eigenvalue weighted by Crippen LogP contribution is 2.19. The average Bonchev–Trinajstić information content (AvgIpc) is 3.10. The van der Waals surface area contributed by atoms with Gasteiger partial charge in [-0.15, -0.1) is 0 Å². The van der Waals surface area contributed by atoms with Crippen LogP contribution in [0.25, 0.3) is 0 Å². The summed E-state index contributed by atoms with van der Waals surface area (Å²) in [5.74, 6) is -1.07. The molecule has 90 valence electrons. The smallest absolute Gasteiger partial charge is 0.330 e. The fourth-order valence-electron chi connectivity index (χ4n) is 1.52. The standard InChI is InChI=1S/C12H14N2O3/c15-11(16)10(8-4-2-1-3-5-8)14-12(17)13-9-6-7-9/h1-5,9-10H,6-7H2,(H,15,16)(H2,13,14,17)/t10-/m1/s1. The summed E-state index contributed by atoms with van der Waals surface area (Å²) in [6.45, 7) is 0. The number of urea groups is 1. The molecule has 2 amide bonds. The molecular formula is C12H14N2O3. The van der Waals surface area contributed by atoms with Crippen LogP contribution in [0.4, 0.5) is 4.79 Å². The quantitative estimate of drug-likeness (QED) is 0.734. The van der Waals surface area contributed by atoms with Gasteiger partial charge >= 0.3 is 12.0 Å². The maximum Gasteiger partial charge on any atom is 0.330 e. The summed E-state index contributed by atoms with van der Waals surface area (Å²) in [6.07, 6.45) is 1.94. The molecule has 0 heterocycles. The molecule has 0 saturated heterocycles. The van der Waals surface area contributed by atoms with Crippen molar-refractivity contribution in [3.05, 3.63) is 35.9 Å². The highest BCUT2D eigenvalue weighted by Gasteiger charge is 2.26. The third-order valence-corrected chi connectivity index (χ3v) is 2.57. The second-order valence-corrected chi connectivity index (χ2v) is 4.07. The van der Waals surface area contributed by atoms with Gasteiger partial charge in [0.2, 0.25) is 0 Å². The van der Waals surface area contributed by atoms with Crippen LogP contribution < -0.4 is 10.6 Å². The first-order chi connectivity index (χ1) is 8.16. The van der Waals surface area contributed by atoms with Crippen molar-refractivity contribution in [2.75, 3.05) is 0 Å². The summed E-state index contributed by atoms with van der Waals surface area (Å²) in [6, 6.07) is 7.41. The number of aliphatic carboxylic acids is 1. The Kier molecular flexibility index (Phi) is 3.27. The van der Waals surface area contributed by atoms with E-state index in [1.807, 2.05) is 0 Å². The van der Waals surface area contributed by atoms with Gasteiger partial charge in [-0.25, -0.2) is 9.59 Å². The van der Waals surface area contributed by atoms with Gasteiger partial charge in [0.1, 0.15) is 0 Å². The number of carboxylic acids is 1. The number of benzene rings is 1. The number of carbonyl (C=O) groups is 2. The molecule has 1 fully saturated rings. The van der Waals surface area contributed by atoms with Gasteiger partial charge in [-0.05, 0) is 18.4 Å². The number of hydrogen-bond acceptors (Lipinski definition) is 2. The van der Waals surface area contributed by atoms with Gasteiger partial charge in [0.05, 0.1) is 0 Å². The number of nitrogens with one attached hydrogen (secondary N) is 2. The van der Waals surface area contributed by atoms with Crippen molar-refractivity contribution in [3.8, 4) is 0 Å². The van der Waals surface area contributed by atoms with Crippen LogP contribution >= 0.6 is 0 Å². The van der Waals surface area contributed by atoms with E-state index < -0.39 is 18.0 Å². The largest absolute Gasteiger partial charge is 0.479 e. The van der Waals surface area contributed by atoms with Gasteiger partial charge in [-0.1, -0.05) is 30.3 Å². The van der Waals surface area contributed by atoms with Gasteiger partial charge in [0.15, 0.2) is 6.04 Å². The molecule has 3 N–H and O–H groups in total. The third kappa shape index (κ3) is 3.21. The van der Waals surface area contributed by atoms with Crippen LogP contribution in [0.15, 0.2) is 30.3 Å². The van der Waals surface area contributed by atoms with Crippen LogP contribution in [0.2, 0.25) is 0 Å². The van der Waals surface area contributed by atoms with Crippen molar-refractivity contribution in [3.63, 3.8) is 0 Å². The molecule has 1 aliphatic rings. The van der Waals surface area contributed by atoms with Crippen LogP contribution in [0, 0.1) is 0 Å². The molecule has 17 heavy (non-hydrogen) atoms. The van der Waals surface area contributed by atoms with Crippen LogP contribution in [-0.4, -0.2) is 23.1 Å². The van der Waals surface area contributed by atoms with Gasteiger partial charge in [0, 0.05) is 6.04 Å². The van der Waals surface area contributed by atoms with Gasteiger partial charge < -0.3 is 15.7 Å². The van der Waals surface area contributed by atoms with E-state index in [1.165, 1.54) is 0 Å². The van der Waals surface area contributed by atoms with Crippen LogP contribution in [0.3, 0.4) is 0 Å². The number of carbonyl (C=O) groups excluding carboxylic acids is 1. The minimum absolute atomic E-state index is 0.209. The predicted octanol–water partition coefficient (Wildman–Crippen LogP) is 1.27. The Morgan fingerprint density at radius 1 is 1.24 bits per heavy atom. The second-order valence-electron chi connectivity index (χ2n) is 4.07. The lowest BCUT2D eigenvalue weighted by Gasteiger charge is -2.15. The summed E-state index contributed by atoms with van der Waals surface area (Å²) >= 11 is 0. The molecule has 0 aromatic heterocycles. The Morgan fingerprint density at radius 3 is 2.41 bits per heavy atom. The number of carboxylic acid groups (broad SMARTS) is 1. The van der Waals surface area contributed by atoms with E-state index in [4.69, 9.17) is 5.11 Å². The summed E-state index contributed by atoms with van der Waals surface area (Å²) in [7, 11) is 0. The minimum Gasteiger partial charge on any atom is -0.479 e. The van der Waals surface area contributed by atoms with Crippen molar-refractivity contribution in [2.45, 2.75) is 24.9 Å². The number of amides is 2. The molecule has 2 rings (SSSR count). The van der Waals surface area contributed by atoms with Crippen molar-refractivity contribution in [1.29, 1.82) is 0 Å². The molecule has 1 atom stereocenters. The molecule has 1 aromatic carbocycles. The van der Waals surface area contributed by atoms with Gasteiger partial charge in [-0.2, -0.15) is 0 Å². The average molecular weight is 234 g/mol. The summed E-state index contributed by atoms with van der Waals surface area (Å²) in [5.41, 5.74) is 0.561. The predicted molar refractivity (Wildman–Crippen MR) is 61.5 cm³/mol. The molecule has 0 unspecified atom stereocenters. The lowest BCUT2D eigenvalue weighted by Crippen LogP contribution is -2.41. The third-order valence-electron chi connectivity index (χ3n) is 2.57. The Bertz CT molecular complexity index is 415. The highest BCUT2D eigenvalue weighted by atomic mass is 16.4. The van der Waals surface area contributed by atoms with Gasteiger partial charge in [-0.3, -0.25) is 0 Å². The summed E-state index contributed by atoms with van der Waals surface area (Å²) < 4.78 is 0. The Labute approximate surface area is 98.8 Å². The van der Waals surface area contributed by atoms with E-state index >= 15 is 0 Å². The first-order valence-electron chi connectivity index (χ1n) is 5.51. The lowest BCUT2D eigenvalue weighted by atomic mass is 10.1. The summed E-state index contributed by atoms with van der Waals surface area (Å²) in [4.78, 5) is 22.6. The Balaban J connectivity index is 2.02. The van der Waals surface area contributed by atoms with E-state index in [9.17, 15) is 9.59 Å². The fraction of sp³-hybridized carbons (Fsp3) is 0.333. The Hall–Kier alpha value is -2.04. The molecule has 0 radical (unpaired) electrons. The SMILES string of the molecule is O=C(NC1CC1)N[C@@H](C(=O)O)c1ccccc1. The molecule has 0 bridgehead atoms. The fourth-order valence-corrected chi connectivity index (χ4v) is 1.52. The van der Waals surface area contributed by atoms with Crippen LogP contribution in [0.1, 0.15) is 24.4 Å². The topological polar surface area (TPSA) is 78.4 Å². The van der Waals surface area contributed by atoms with E-state index in [0.717, 1.165) is 12.8 Å². The molecule has 0 aliphatic heterocycles. The monoisotopic (exact) mass is 234 g/mol. The van der Waals surface area contributed by atoms with E-state index in [1.54, 1.807) is 30.3 Å². The van der Waals surface area contributed by atoms with Gasteiger partial charge in [0.25, 0.3) is 0 Å². The normalized spacial score (nSPS) is 16.0. The van der Waals surface area contributed by atoms with Crippen LogP contribution in [0.5, 0.6) is 0 Å². The summed E-state index contributed by atoms with van der Waals surface area (Å²) in [5, 5.41) is 14.2. The molecule has 5 nitrogen and oxygen atoms in total. The molecule has 1 aromatic rings. The first-order valence-corrected chi connectivity index (χ1v) is 5.51. The highest BCUT2D eigenvalue weighted by molar-refractivity contribution is 5.83. The number of hydrogen-bond donors (Lipinski definition) is 3. The maximum atomic E-state index is 11.5. The number of rotatable bonds is 4. The zero-order valence-electron chi connectivity index (χ0n) is 9.22. The van der Waals surface area contributed by atoms with Crippen molar-refractivity contribution >= 4 is 12.0 Å². The molecular weight excluding hydrogens is 220 g/mol. The van der Waals surface area contributed by atoms with Crippen molar-refractivity contribution in [2.24, 2.45) is 0 Å². The zero-order valence-corrected chi connectivity index (χ0v) is 9.22. The maximum absolute atomic E-state index is 11.5. The van der Waals surface area contributed by atoms with Crippen molar-refractivity contribution in [1.82, 2.24) is 10.6 Å². The zero-order chi connectivity index (χ0) is 12.3. The first kappa shape index (κ1) is 11.4. The Morgan fingerprint density at radius 2 is 1.88 bits per heavy atom. The van der Waals surface area contributed by atoms with Crippen LogP contribution in [-0.2, 0) is 4.79 Å². The van der Waals surface area contributed by atoms with E-state index in [2.05, 4.69) is 10.6 Å². The molecule has 0 spiro atoms. The molecule has 1 aliphatic carbocycles.